The maximum absolute atomic E-state index is 11.7. The Balaban J connectivity index is 1.47. The Morgan fingerprint density at radius 2 is 1.96 bits per heavy atom. The van der Waals surface area contributed by atoms with Crippen LogP contribution in [0, 0.1) is 5.92 Å². The van der Waals surface area contributed by atoms with Gasteiger partial charge in [-0.1, -0.05) is 0 Å². The molecule has 1 amide bonds. The molecule has 3 fully saturated rings. The molecule has 0 radical (unpaired) electrons. The van der Waals surface area contributed by atoms with Crippen LogP contribution in [-0.4, -0.2) is 90.9 Å². The van der Waals surface area contributed by atoms with Gasteiger partial charge in [-0.05, 0) is 39.3 Å². The maximum Gasteiger partial charge on any atom is 0.253 e. The molecule has 132 valence electrons. The monoisotopic (exact) mass is 343 g/mol. The molecular formula is C16H30ClN5O. The predicted octanol–water partition coefficient (Wildman–Crippen LogP) is -0.0553. The number of hydrazine groups is 1. The third-order valence-electron chi connectivity index (χ3n) is 5.94. The van der Waals surface area contributed by atoms with Gasteiger partial charge in [0.1, 0.15) is 5.38 Å². The molecule has 3 aliphatic rings. The Kier molecular flexibility index (Phi) is 5.80. The minimum absolute atomic E-state index is 0.104. The van der Waals surface area contributed by atoms with Crippen LogP contribution in [0.25, 0.3) is 0 Å². The van der Waals surface area contributed by atoms with E-state index in [0.717, 1.165) is 38.6 Å². The topological polar surface area (TPSA) is 50.9 Å². The lowest BCUT2D eigenvalue weighted by atomic mass is 9.90. The van der Waals surface area contributed by atoms with Crippen LogP contribution in [0.5, 0.6) is 0 Å². The number of amides is 1. The molecule has 23 heavy (non-hydrogen) atoms. The molecule has 4 unspecified atom stereocenters. The lowest BCUT2D eigenvalue weighted by Crippen LogP contribution is -2.64. The van der Waals surface area contributed by atoms with Gasteiger partial charge in [0.05, 0.1) is 0 Å². The number of nitrogens with zero attached hydrogens (tertiary/aromatic N) is 3. The third-order valence-corrected chi connectivity index (χ3v) is 6.43. The van der Waals surface area contributed by atoms with Crippen molar-refractivity contribution in [1.29, 1.82) is 0 Å². The molecule has 3 saturated heterocycles. The fraction of sp³-hybridized carbons (Fsp3) is 0.938. The summed E-state index contributed by atoms with van der Waals surface area (Å²) in [5.41, 5.74) is 5.57. The molecule has 6 nitrogen and oxygen atoms in total. The third kappa shape index (κ3) is 3.99. The minimum atomic E-state index is -0.449. The molecule has 7 heteroatoms. The molecule has 3 aliphatic heterocycles. The standard InChI is InChI=1S/C16H30ClN5O/c1-12-13(4-3-5-20(12)2)11-21-6-8-22(9-7-21)14-10-18-19-16(23)15(14)17/h12-15,18H,3-11H2,1-2H3,(H,19,23). The minimum Gasteiger partial charge on any atom is -0.303 e. The second kappa shape index (κ2) is 7.66. The summed E-state index contributed by atoms with van der Waals surface area (Å²) in [6.45, 7) is 9.68. The summed E-state index contributed by atoms with van der Waals surface area (Å²) in [6, 6.07) is 0.785. The average molecular weight is 344 g/mol. The second-order valence-corrected chi connectivity index (χ2v) is 7.77. The van der Waals surface area contributed by atoms with E-state index >= 15 is 0 Å². The van der Waals surface area contributed by atoms with E-state index in [9.17, 15) is 4.79 Å². The molecule has 0 aromatic rings. The van der Waals surface area contributed by atoms with E-state index in [1.807, 2.05) is 0 Å². The van der Waals surface area contributed by atoms with Crippen LogP contribution in [0.2, 0.25) is 0 Å². The quantitative estimate of drug-likeness (QED) is 0.703. The largest absolute Gasteiger partial charge is 0.303 e. The van der Waals surface area contributed by atoms with Crippen LogP contribution in [0.4, 0.5) is 0 Å². The van der Waals surface area contributed by atoms with E-state index in [-0.39, 0.29) is 11.9 Å². The van der Waals surface area contributed by atoms with Crippen LogP contribution in [-0.2, 0) is 4.79 Å². The molecule has 0 spiro atoms. The lowest BCUT2D eigenvalue weighted by Gasteiger charge is -2.44. The molecule has 3 rings (SSSR count). The number of carbonyl (C=O) groups excluding carboxylic acids is 1. The van der Waals surface area contributed by atoms with E-state index in [1.54, 1.807) is 0 Å². The van der Waals surface area contributed by atoms with Gasteiger partial charge < -0.3 is 9.80 Å². The van der Waals surface area contributed by atoms with Crippen molar-refractivity contribution in [3.63, 3.8) is 0 Å². The SMILES string of the molecule is CC1C(CN2CCN(C3CNNC(=O)C3Cl)CC2)CCCN1C. The summed E-state index contributed by atoms with van der Waals surface area (Å²) < 4.78 is 0. The number of hydrogen-bond donors (Lipinski definition) is 2. The smallest absolute Gasteiger partial charge is 0.253 e. The van der Waals surface area contributed by atoms with Crippen molar-refractivity contribution in [3.05, 3.63) is 0 Å². The first-order valence-electron chi connectivity index (χ1n) is 8.89. The highest BCUT2D eigenvalue weighted by molar-refractivity contribution is 6.31. The number of alkyl halides is 1. The highest BCUT2D eigenvalue weighted by Crippen LogP contribution is 2.24. The lowest BCUT2D eigenvalue weighted by molar-refractivity contribution is -0.125. The fourth-order valence-corrected chi connectivity index (χ4v) is 4.47. The van der Waals surface area contributed by atoms with Gasteiger partial charge in [0.2, 0.25) is 0 Å². The van der Waals surface area contributed by atoms with Gasteiger partial charge in [-0.3, -0.25) is 15.1 Å². The highest BCUT2D eigenvalue weighted by atomic mass is 35.5. The molecule has 3 heterocycles. The number of hydrogen-bond acceptors (Lipinski definition) is 5. The molecular weight excluding hydrogens is 314 g/mol. The number of likely N-dealkylation sites (tertiary alicyclic amines) is 1. The van der Waals surface area contributed by atoms with Crippen molar-refractivity contribution in [2.45, 2.75) is 37.2 Å². The van der Waals surface area contributed by atoms with Crippen LogP contribution >= 0.6 is 11.6 Å². The number of piperidine rings is 1. The molecule has 4 atom stereocenters. The maximum atomic E-state index is 11.7. The van der Waals surface area contributed by atoms with Crippen molar-refractivity contribution in [2.24, 2.45) is 5.92 Å². The van der Waals surface area contributed by atoms with Crippen molar-refractivity contribution in [2.75, 3.05) is 52.9 Å². The van der Waals surface area contributed by atoms with Crippen molar-refractivity contribution < 1.29 is 4.79 Å². The summed E-state index contributed by atoms with van der Waals surface area (Å²) in [5.74, 6) is 0.674. The molecule has 0 aromatic heterocycles. The van der Waals surface area contributed by atoms with Gasteiger partial charge in [-0.2, -0.15) is 0 Å². The summed E-state index contributed by atoms with van der Waals surface area (Å²) in [5, 5.41) is -0.449. The number of carbonyl (C=O) groups is 1. The second-order valence-electron chi connectivity index (χ2n) is 7.30. The Morgan fingerprint density at radius 1 is 1.22 bits per heavy atom. The first-order chi connectivity index (χ1) is 11.1. The molecule has 0 bridgehead atoms. The van der Waals surface area contributed by atoms with Crippen LogP contribution in [0.15, 0.2) is 0 Å². The van der Waals surface area contributed by atoms with E-state index < -0.39 is 5.38 Å². The van der Waals surface area contributed by atoms with Gasteiger partial charge in [0.25, 0.3) is 5.91 Å². The van der Waals surface area contributed by atoms with Gasteiger partial charge in [0.15, 0.2) is 0 Å². The van der Waals surface area contributed by atoms with Crippen LogP contribution in [0.1, 0.15) is 19.8 Å². The number of piperazine rings is 1. The van der Waals surface area contributed by atoms with Gasteiger partial charge in [-0.25, -0.2) is 5.43 Å². The fourth-order valence-electron chi connectivity index (χ4n) is 4.16. The normalized spacial score (nSPS) is 38.5. The van der Waals surface area contributed by atoms with E-state index in [4.69, 9.17) is 11.6 Å². The van der Waals surface area contributed by atoms with E-state index in [0.29, 0.717) is 6.04 Å². The van der Waals surface area contributed by atoms with Gasteiger partial charge >= 0.3 is 0 Å². The average Bonchev–Trinajstić information content (AvgIpc) is 2.55. The summed E-state index contributed by atoms with van der Waals surface area (Å²) >= 11 is 6.28. The highest BCUT2D eigenvalue weighted by Gasteiger charge is 2.36. The molecule has 0 aromatic carbocycles. The zero-order chi connectivity index (χ0) is 16.4. The first kappa shape index (κ1) is 17.4. The van der Waals surface area contributed by atoms with Crippen LogP contribution in [0.3, 0.4) is 0 Å². The van der Waals surface area contributed by atoms with Gasteiger partial charge in [0, 0.05) is 51.4 Å². The van der Waals surface area contributed by atoms with Crippen molar-refractivity contribution in [3.8, 4) is 0 Å². The number of halogens is 1. The summed E-state index contributed by atoms with van der Waals surface area (Å²) in [6.07, 6.45) is 2.67. The summed E-state index contributed by atoms with van der Waals surface area (Å²) in [7, 11) is 2.25. The number of nitrogens with one attached hydrogen (secondary N) is 2. The molecule has 0 aliphatic carbocycles. The van der Waals surface area contributed by atoms with E-state index in [2.05, 4.69) is 39.5 Å². The Labute approximate surface area is 144 Å². The van der Waals surface area contributed by atoms with Crippen molar-refractivity contribution >= 4 is 17.5 Å². The Bertz CT molecular complexity index is 415. The van der Waals surface area contributed by atoms with Gasteiger partial charge in [-0.15, -0.1) is 11.6 Å². The van der Waals surface area contributed by atoms with Crippen molar-refractivity contribution in [1.82, 2.24) is 25.6 Å². The molecule has 2 N–H and O–H groups in total. The number of rotatable bonds is 3. The van der Waals surface area contributed by atoms with Crippen LogP contribution < -0.4 is 10.9 Å². The first-order valence-corrected chi connectivity index (χ1v) is 9.33. The Morgan fingerprint density at radius 3 is 2.70 bits per heavy atom. The molecule has 0 saturated carbocycles. The Hall–Kier alpha value is -0.400. The zero-order valence-electron chi connectivity index (χ0n) is 14.3. The summed E-state index contributed by atoms with van der Waals surface area (Å²) in [4.78, 5) is 19.2. The predicted molar refractivity (Wildman–Crippen MR) is 92.4 cm³/mol. The van der Waals surface area contributed by atoms with E-state index in [1.165, 1.54) is 25.9 Å². The zero-order valence-corrected chi connectivity index (χ0v) is 15.1.